The molecule has 2 aliphatic rings. The summed E-state index contributed by atoms with van der Waals surface area (Å²) in [7, 11) is 0. The van der Waals surface area contributed by atoms with Crippen LogP contribution in [-0.4, -0.2) is 38.6 Å². The van der Waals surface area contributed by atoms with Crippen LogP contribution in [0.1, 0.15) is 18.4 Å². The number of pyridine rings is 1. The van der Waals surface area contributed by atoms with Crippen molar-refractivity contribution < 1.29 is 4.74 Å². The minimum absolute atomic E-state index is 0.0588. The van der Waals surface area contributed by atoms with Crippen molar-refractivity contribution in [3.05, 3.63) is 57.1 Å². The van der Waals surface area contributed by atoms with Crippen LogP contribution in [0.5, 0.6) is 5.75 Å². The molecule has 1 spiro atoms. The average molecular weight is 339 g/mol. The maximum absolute atomic E-state index is 12.1. The van der Waals surface area contributed by atoms with E-state index in [2.05, 4.69) is 21.4 Å². The van der Waals surface area contributed by atoms with Crippen LogP contribution in [0.15, 0.2) is 40.3 Å². The summed E-state index contributed by atoms with van der Waals surface area (Å²) in [6.07, 6.45) is 7.08. The molecule has 0 amide bonds. The van der Waals surface area contributed by atoms with Gasteiger partial charge in [-0.3, -0.25) is 18.7 Å². The molecule has 5 rings (SSSR count). The van der Waals surface area contributed by atoms with Crippen molar-refractivity contribution in [2.45, 2.75) is 18.3 Å². The molecule has 0 radical (unpaired) electrons. The molecule has 8 heteroatoms. The third-order valence-electron chi connectivity index (χ3n) is 5.31. The molecule has 3 aromatic rings. The van der Waals surface area contributed by atoms with Gasteiger partial charge in [-0.1, -0.05) is 0 Å². The Labute approximate surface area is 142 Å². The Morgan fingerprint density at radius 3 is 2.80 bits per heavy atom. The normalized spacial score (nSPS) is 18.4. The number of fused-ring (bicyclic) bond motifs is 4. The SMILES string of the molecule is O=c1ccn(-c2cnc3c4c(ccn23)C2(CCNCC2)CO4)c(=O)[nH]1. The second kappa shape index (κ2) is 5.06. The molecule has 2 aliphatic heterocycles. The van der Waals surface area contributed by atoms with E-state index >= 15 is 0 Å². The van der Waals surface area contributed by atoms with Gasteiger partial charge in [0, 0.05) is 29.4 Å². The molecule has 8 nitrogen and oxygen atoms in total. The largest absolute Gasteiger partial charge is 0.488 e. The van der Waals surface area contributed by atoms with Crippen LogP contribution in [0.25, 0.3) is 11.5 Å². The van der Waals surface area contributed by atoms with E-state index in [1.165, 1.54) is 22.4 Å². The Morgan fingerprint density at radius 1 is 1.16 bits per heavy atom. The number of nitrogens with zero attached hydrogens (tertiary/aromatic N) is 3. The molecule has 25 heavy (non-hydrogen) atoms. The molecule has 3 aromatic heterocycles. The van der Waals surface area contributed by atoms with Gasteiger partial charge in [0.1, 0.15) is 5.82 Å². The highest BCUT2D eigenvalue weighted by Crippen LogP contribution is 2.46. The monoisotopic (exact) mass is 339 g/mol. The summed E-state index contributed by atoms with van der Waals surface area (Å²) >= 11 is 0. The van der Waals surface area contributed by atoms with Gasteiger partial charge in [0.2, 0.25) is 0 Å². The van der Waals surface area contributed by atoms with E-state index in [-0.39, 0.29) is 5.41 Å². The lowest BCUT2D eigenvalue weighted by molar-refractivity contribution is 0.221. The van der Waals surface area contributed by atoms with Crippen molar-refractivity contribution in [2.75, 3.05) is 19.7 Å². The van der Waals surface area contributed by atoms with Gasteiger partial charge in [0.15, 0.2) is 11.4 Å². The zero-order valence-corrected chi connectivity index (χ0v) is 13.5. The summed E-state index contributed by atoms with van der Waals surface area (Å²) in [6.45, 7) is 2.64. The minimum Gasteiger partial charge on any atom is -0.488 e. The number of aromatic nitrogens is 4. The maximum Gasteiger partial charge on any atom is 0.334 e. The third-order valence-corrected chi connectivity index (χ3v) is 5.31. The Kier molecular flexibility index (Phi) is 2.93. The van der Waals surface area contributed by atoms with Crippen molar-refractivity contribution in [3.8, 4) is 11.6 Å². The van der Waals surface area contributed by atoms with E-state index in [1.54, 1.807) is 6.20 Å². The Hall–Kier alpha value is -2.87. The Morgan fingerprint density at radius 2 is 2.00 bits per heavy atom. The van der Waals surface area contributed by atoms with Gasteiger partial charge in [0.05, 0.1) is 12.8 Å². The van der Waals surface area contributed by atoms with Gasteiger partial charge in [-0.25, -0.2) is 9.78 Å². The second-order valence-corrected chi connectivity index (χ2v) is 6.67. The molecule has 1 fully saturated rings. The Bertz CT molecular complexity index is 1090. The van der Waals surface area contributed by atoms with Crippen molar-refractivity contribution in [1.29, 1.82) is 0 Å². The fraction of sp³-hybridized carbons (Fsp3) is 0.353. The molecule has 0 bridgehead atoms. The molecular formula is C17H17N5O3. The van der Waals surface area contributed by atoms with Crippen LogP contribution in [0.4, 0.5) is 0 Å². The average Bonchev–Trinajstić information content (AvgIpc) is 3.18. The second-order valence-electron chi connectivity index (χ2n) is 6.67. The van der Waals surface area contributed by atoms with Crippen molar-refractivity contribution in [1.82, 2.24) is 24.3 Å². The summed E-state index contributed by atoms with van der Waals surface area (Å²) in [4.78, 5) is 30.1. The van der Waals surface area contributed by atoms with Crippen LogP contribution < -0.4 is 21.3 Å². The van der Waals surface area contributed by atoms with E-state index in [0.29, 0.717) is 18.1 Å². The van der Waals surface area contributed by atoms with Crippen molar-refractivity contribution in [2.24, 2.45) is 0 Å². The van der Waals surface area contributed by atoms with Gasteiger partial charge in [-0.05, 0) is 32.0 Å². The topological polar surface area (TPSA) is 93.4 Å². The fourth-order valence-electron chi connectivity index (χ4n) is 3.95. The number of aromatic amines is 1. The lowest BCUT2D eigenvalue weighted by atomic mass is 9.75. The van der Waals surface area contributed by atoms with Gasteiger partial charge in [-0.2, -0.15) is 0 Å². The van der Waals surface area contributed by atoms with Crippen molar-refractivity contribution in [3.63, 3.8) is 0 Å². The molecule has 0 atom stereocenters. The third kappa shape index (κ3) is 2.00. The fourth-order valence-corrected chi connectivity index (χ4v) is 3.95. The highest BCUT2D eigenvalue weighted by atomic mass is 16.5. The smallest absolute Gasteiger partial charge is 0.334 e. The van der Waals surface area contributed by atoms with E-state index in [0.717, 1.165) is 31.7 Å². The quantitative estimate of drug-likeness (QED) is 0.660. The molecule has 2 N–H and O–H groups in total. The first kappa shape index (κ1) is 14.5. The number of hydrogen-bond donors (Lipinski definition) is 2. The lowest BCUT2D eigenvalue weighted by Gasteiger charge is -2.32. The van der Waals surface area contributed by atoms with Crippen LogP contribution in [0.2, 0.25) is 0 Å². The van der Waals surface area contributed by atoms with Crippen LogP contribution >= 0.6 is 0 Å². The molecule has 0 unspecified atom stereocenters. The van der Waals surface area contributed by atoms with E-state index in [1.807, 2.05) is 10.6 Å². The van der Waals surface area contributed by atoms with Crippen LogP contribution in [-0.2, 0) is 5.41 Å². The first-order valence-electron chi connectivity index (χ1n) is 8.34. The van der Waals surface area contributed by atoms with Crippen molar-refractivity contribution >= 4 is 5.65 Å². The molecule has 0 aromatic carbocycles. The predicted octanol–water partition coefficient (Wildman–Crippen LogP) is 0.187. The highest BCUT2D eigenvalue weighted by Gasteiger charge is 2.42. The molecular weight excluding hydrogens is 322 g/mol. The summed E-state index contributed by atoms with van der Waals surface area (Å²) in [6, 6.07) is 3.39. The number of ether oxygens (including phenoxy) is 1. The van der Waals surface area contributed by atoms with E-state index in [9.17, 15) is 9.59 Å². The van der Waals surface area contributed by atoms with E-state index < -0.39 is 11.2 Å². The summed E-state index contributed by atoms with van der Waals surface area (Å²) < 4.78 is 9.23. The zero-order valence-electron chi connectivity index (χ0n) is 13.5. The van der Waals surface area contributed by atoms with Crippen LogP contribution in [0, 0.1) is 0 Å². The molecule has 1 saturated heterocycles. The lowest BCUT2D eigenvalue weighted by Crippen LogP contribution is -2.40. The van der Waals surface area contributed by atoms with E-state index in [4.69, 9.17) is 4.74 Å². The number of piperidine rings is 1. The standard InChI is InChI=1S/C17H17N5O3/c23-12-2-8-22(16(24)20-12)13-9-19-15-14-11(1-7-21(13)15)17(10-25-14)3-5-18-6-4-17/h1-2,7-9,18H,3-6,10H2,(H,20,23,24). The zero-order chi connectivity index (χ0) is 17.0. The molecule has 5 heterocycles. The molecule has 0 aliphatic carbocycles. The number of hydrogen-bond acceptors (Lipinski definition) is 5. The van der Waals surface area contributed by atoms with Gasteiger partial charge in [-0.15, -0.1) is 0 Å². The first-order valence-corrected chi connectivity index (χ1v) is 8.34. The van der Waals surface area contributed by atoms with Gasteiger partial charge < -0.3 is 10.1 Å². The maximum atomic E-state index is 12.1. The summed E-state index contributed by atoms with van der Waals surface area (Å²) in [5, 5.41) is 3.40. The minimum atomic E-state index is -0.495. The summed E-state index contributed by atoms with van der Waals surface area (Å²) in [5.41, 5.74) is 1.04. The number of H-pyrrole nitrogens is 1. The first-order chi connectivity index (χ1) is 12.2. The number of rotatable bonds is 1. The predicted molar refractivity (Wildman–Crippen MR) is 90.7 cm³/mol. The number of imidazole rings is 1. The van der Waals surface area contributed by atoms with Crippen LogP contribution in [0.3, 0.4) is 0 Å². The van der Waals surface area contributed by atoms with Gasteiger partial charge in [0.25, 0.3) is 5.56 Å². The summed E-state index contributed by atoms with van der Waals surface area (Å²) in [5.74, 6) is 1.36. The molecule has 0 saturated carbocycles. The Balaban J connectivity index is 1.69. The highest BCUT2D eigenvalue weighted by molar-refractivity contribution is 5.64. The number of nitrogens with one attached hydrogen (secondary N) is 2. The molecule has 128 valence electrons. The van der Waals surface area contributed by atoms with Gasteiger partial charge >= 0.3 is 5.69 Å².